The number of hydrogen-bond donors (Lipinski definition) is 0. The number of likely N-dealkylation sites (tertiary alicyclic amines) is 1. The van der Waals surface area contributed by atoms with Crippen LogP contribution in [0.4, 0.5) is 0 Å². The molecule has 1 saturated carbocycles. The number of methoxy groups -OCH3 is 1. The summed E-state index contributed by atoms with van der Waals surface area (Å²) in [4.78, 5) is 43.4. The van der Waals surface area contributed by atoms with Crippen molar-refractivity contribution in [3.8, 4) is 5.75 Å². The van der Waals surface area contributed by atoms with Crippen molar-refractivity contribution in [2.45, 2.75) is 44.6 Å². The standard InChI is InChI=1S/C25H35N3O5/c1-32-21-6-2-5-20(13-21)14-24(30)28-16-22(33-18-19-8-9-19)15-27(25(31)17-28)12-4-11-26-10-3-7-23(26)29/h2,5-6,13,19,22H,3-4,7-12,14-18H2,1H3. The topological polar surface area (TPSA) is 79.4 Å². The van der Waals surface area contributed by atoms with E-state index in [4.69, 9.17) is 9.47 Å². The molecule has 0 N–H and O–H groups in total. The minimum Gasteiger partial charge on any atom is -0.497 e. The molecule has 4 rings (SSSR count). The van der Waals surface area contributed by atoms with E-state index < -0.39 is 0 Å². The number of carbonyl (C=O) groups excluding carboxylic acids is 3. The van der Waals surface area contributed by atoms with Crippen molar-refractivity contribution in [3.63, 3.8) is 0 Å². The molecule has 8 nitrogen and oxygen atoms in total. The number of benzene rings is 1. The highest BCUT2D eigenvalue weighted by Crippen LogP contribution is 2.29. The first-order valence-corrected chi connectivity index (χ1v) is 12.1. The van der Waals surface area contributed by atoms with E-state index >= 15 is 0 Å². The summed E-state index contributed by atoms with van der Waals surface area (Å²) >= 11 is 0. The lowest BCUT2D eigenvalue weighted by Crippen LogP contribution is -2.41. The van der Waals surface area contributed by atoms with E-state index in [1.807, 2.05) is 34.1 Å². The van der Waals surface area contributed by atoms with Crippen LogP contribution >= 0.6 is 0 Å². The molecule has 0 spiro atoms. The maximum absolute atomic E-state index is 13.1. The van der Waals surface area contributed by atoms with Gasteiger partial charge in [-0.25, -0.2) is 0 Å². The molecule has 8 heteroatoms. The van der Waals surface area contributed by atoms with Gasteiger partial charge in [-0.1, -0.05) is 12.1 Å². The number of nitrogens with zero attached hydrogens (tertiary/aromatic N) is 3. The highest BCUT2D eigenvalue weighted by molar-refractivity contribution is 5.86. The Kier molecular flexibility index (Phi) is 7.85. The van der Waals surface area contributed by atoms with Gasteiger partial charge in [0.25, 0.3) is 0 Å². The molecule has 1 aromatic carbocycles. The van der Waals surface area contributed by atoms with E-state index in [2.05, 4.69) is 0 Å². The van der Waals surface area contributed by atoms with Crippen molar-refractivity contribution in [2.24, 2.45) is 5.92 Å². The molecule has 1 atom stereocenters. The SMILES string of the molecule is COc1cccc(CC(=O)N2CC(=O)N(CCCN3CCCC3=O)CC(OCC3CC3)C2)c1. The fraction of sp³-hybridized carbons (Fsp3) is 0.640. The molecule has 33 heavy (non-hydrogen) atoms. The molecule has 1 aliphatic carbocycles. The molecule has 0 bridgehead atoms. The molecule has 2 heterocycles. The maximum atomic E-state index is 13.1. The van der Waals surface area contributed by atoms with Gasteiger partial charge >= 0.3 is 0 Å². The van der Waals surface area contributed by atoms with Crippen molar-refractivity contribution in [2.75, 3.05) is 53.0 Å². The predicted octanol–water partition coefficient (Wildman–Crippen LogP) is 1.72. The van der Waals surface area contributed by atoms with Gasteiger partial charge in [0.15, 0.2) is 0 Å². The van der Waals surface area contributed by atoms with E-state index in [9.17, 15) is 14.4 Å². The van der Waals surface area contributed by atoms with E-state index in [1.54, 1.807) is 12.0 Å². The highest BCUT2D eigenvalue weighted by atomic mass is 16.5. The molecule has 1 unspecified atom stereocenters. The number of hydrogen-bond acceptors (Lipinski definition) is 5. The van der Waals surface area contributed by atoms with E-state index in [0.29, 0.717) is 50.9 Å². The first-order chi connectivity index (χ1) is 16.0. The van der Waals surface area contributed by atoms with Crippen LogP contribution in [0.5, 0.6) is 5.75 Å². The lowest BCUT2D eigenvalue weighted by Gasteiger charge is -2.25. The van der Waals surface area contributed by atoms with E-state index in [0.717, 1.165) is 24.9 Å². The van der Waals surface area contributed by atoms with Crippen LogP contribution in [0, 0.1) is 5.92 Å². The third kappa shape index (κ3) is 6.69. The van der Waals surface area contributed by atoms with Crippen LogP contribution in [0.2, 0.25) is 0 Å². The smallest absolute Gasteiger partial charge is 0.242 e. The van der Waals surface area contributed by atoms with Gasteiger partial charge in [0.05, 0.1) is 26.2 Å². The molecule has 1 aromatic rings. The van der Waals surface area contributed by atoms with Crippen molar-refractivity contribution in [1.29, 1.82) is 0 Å². The van der Waals surface area contributed by atoms with Crippen LogP contribution < -0.4 is 4.74 Å². The molecule has 2 saturated heterocycles. The van der Waals surface area contributed by atoms with Gasteiger partial charge in [-0.2, -0.15) is 0 Å². The average Bonchev–Trinajstić information content (AvgIpc) is 3.58. The predicted molar refractivity (Wildman–Crippen MR) is 123 cm³/mol. The second-order valence-corrected chi connectivity index (χ2v) is 9.38. The summed E-state index contributed by atoms with van der Waals surface area (Å²) < 4.78 is 11.4. The van der Waals surface area contributed by atoms with Crippen molar-refractivity contribution in [1.82, 2.24) is 14.7 Å². The molecule has 3 amide bonds. The second-order valence-electron chi connectivity index (χ2n) is 9.38. The molecular weight excluding hydrogens is 422 g/mol. The Hall–Kier alpha value is -2.61. The zero-order valence-electron chi connectivity index (χ0n) is 19.5. The quantitative estimate of drug-likeness (QED) is 0.535. The summed E-state index contributed by atoms with van der Waals surface area (Å²) in [5.41, 5.74) is 0.860. The summed E-state index contributed by atoms with van der Waals surface area (Å²) in [5, 5.41) is 0. The van der Waals surface area contributed by atoms with Gasteiger partial charge in [-0.15, -0.1) is 0 Å². The molecule has 0 aromatic heterocycles. The fourth-order valence-electron chi connectivity index (χ4n) is 4.51. The molecule has 3 fully saturated rings. The van der Waals surface area contributed by atoms with Crippen LogP contribution in [0.3, 0.4) is 0 Å². The van der Waals surface area contributed by atoms with Crippen molar-refractivity contribution < 1.29 is 23.9 Å². The molecule has 3 aliphatic rings. The van der Waals surface area contributed by atoms with E-state index in [-0.39, 0.29) is 36.8 Å². The number of carbonyl (C=O) groups is 3. The van der Waals surface area contributed by atoms with Crippen LogP contribution in [-0.4, -0.2) is 91.5 Å². The Morgan fingerprint density at radius 1 is 1.09 bits per heavy atom. The zero-order chi connectivity index (χ0) is 23.2. The van der Waals surface area contributed by atoms with Gasteiger partial charge < -0.3 is 24.2 Å². The van der Waals surface area contributed by atoms with E-state index in [1.165, 1.54) is 12.8 Å². The molecule has 2 aliphatic heterocycles. The number of ether oxygens (including phenoxy) is 2. The summed E-state index contributed by atoms with van der Waals surface area (Å²) in [6.07, 6.45) is 4.70. The largest absolute Gasteiger partial charge is 0.497 e. The zero-order valence-corrected chi connectivity index (χ0v) is 19.5. The Balaban J connectivity index is 1.37. The molecule has 0 radical (unpaired) electrons. The third-order valence-electron chi connectivity index (χ3n) is 6.66. The fourth-order valence-corrected chi connectivity index (χ4v) is 4.51. The summed E-state index contributed by atoms with van der Waals surface area (Å²) in [6.45, 7) is 3.72. The van der Waals surface area contributed by atoms with Crippen molar-refractivity contribution >= 4 is 17.7 Å². The molecule has 180 valence electrons. The maximum Gasteiger partial charge on any atom is 0.242 e. The highest BCUT2D eigenvalue weighted by Gasteiger charge is 2.32. The van der Waals surface area contributed by atoms with Gasteiger partial charge in [0.1, 0.15) is 5.75 Å². The monoisotopic (exact) mass is 457 g/mol. The lowest BCUT2D eigenvalue weighted by molar-refractivity contribution is -0.138. The van der Waals surface area contributed by atoms with Gasteiger partial charge in [-0.05, 0) is 49.3 Å². The summed E-state index contributed by atoms with van der Waals surface area (Å²) in [6, 6.07) is 7.46. The van der Waals surface area contributed by atoms with Gasteiger partial charge in [0, 0.05) is 45.8 Å². The van der Waals surface area contributed by atoms with Gasteiger partial charge in [-0.3, -0.25) is 14.4 Å². The molecular formula is C25H35N3O5. The third-order valence-corrected chi connectivity index (χ3v) is 6.66. The van der Waals surface area contributed by atoms with Gasteiger partial charge in [0.2, 0.25) is 17.7 Å². The first-order valence-electron chi connectivity index (χ1n) is 12.1. The Morgan fingerprint density at radius 2 is 1.91 bits per heavy atom. The van der Waals surface area contributed by atoms with Crippen molar-refractivity contribution in [3.05, 3.63) is 29.8 Å². The Labute approximate surface area is 195 Å². The number of rotatable bonds is 10. The van der Waals surface area contributed by atoms with Crippen LogP contribution in [0.15, 0.2) is 24.3 Å². The summed E-state index contributed by atoms with van der Waals surface area (Å²) in [5.74, 6) is 1.39. The minimum absolute atomic E-state index is 0.0562. The second kappa shape index (κ2) is 11.0. The average molecular weight is 458 g/mol. The van der Waals surface area contributed by atoms with Crippen LogP contribution in [0.25, 0.3) is 0 Å². The number of amides is 3. The minimum atomic E-state index is -0.195. The Morgan fingerprint density at radius 3 is 2.64 bits per heavy atom. The summed E-state index contributed by atoms with van der Waals surface area (Å²) in [7, 11) is 1.60. The first kappa shape index (κ1) is 23.5. The van der Waals surface area contributed by atoms with Crippen LogP contribution in [0.1, 0.15) is 37.7 Å². The normalized spacial score (nSPS) is 21.5. The lowest BCUT2D eigenvalue weighted by atomic mass is 10.1. The Bertz CT molecular complexity index is 856. The van der Waals surface area contributed by atoms with Crippen LogP contribution in [-0.2, 0) is 25.5 Å².